The van der Waals surface area contributed by atoms with Crippen molar-refractivity contribution >= 4 is 44.9 Å². The topological polar surface area (TPSA) is 8.17 Å². The first-order chi connectivity index (χ1) is 35.9. The number of aryl methyl sites for hydroxylation is 1. The maximum atomic E-state index is 14.1. The number of anilines is 3. The molecule has 0 amide bonds. The van der Waals surface area contributed by atoms with Gasteiger partial charge in [0, 0.05) is 33.5 Å². The number of nitrogens with zero attached hydrogens (tertiary/aromatic N) is 2. The Hall–Kier alpha value is -9.31. The van der Waals surface area contributed by atoms with Gasteiger partial charge < -0.3 is 9.47 Å². The highest BCUT2D eigenvalue weighted by Crippen LogP contribution is 2.57. The van der Waals surface area contributed by atoms with Crippen LogP contribution in [0, 0.1) is 12.7 Å². The Bertz CT molecular complexity index is 4010. The maximum Gasteiger partial charge on any atom is 0.123 e. The molecule has 346 valence electrons. The van der Waals surface area contributed by atoms with Crippen molar-refractivity contribution in [3.63, 3.8) is 0 Å². The standard InChI is InChI=1S/C70H49FN2/c1-3-48-20-30-56(31-21-48)70(55-14-8-5-9-15-55)66-17-11-10-16-62(66)63-41-40-61(46-67(63)70)72(58-36-24-50(25-37-58)49-12-6-4-7-13-49)59-38-26-52(27-39-59)54-29-43-69-65(45-54)64-44-53(51-22-32-57(71)33-23-51)28-42-68(64)73(69)60-34-18-47(2)19-35-60/h3-46H,1H2,2H3. The van der Waals surface area contributed by atoms with Crippen LogP contribution >= 0.6 is 0 Å². The van der Waals surface area contributed by atoms with E-state index in [0.717, 1.165) is 72.4 Å². The fourth-order valence-electron chi connectivity index (χ4n) is 11.4. The molecule has 0 fully saturated rings. The van der Waals surface area contributed by atoms with E-state index in [1.165, 1.54) is 62.2 Å². The van der Waals surface area contributed by atoms with Crippen molar-refractivity contribution in [1.82, 2.24) is 4.57 Å². The van der Waals surface area contributed by atoms with Crippen molar-refractivity contribution in [2.45, 2.75) is 12.3 Å². The number of halogens is 1. The largest absolute Gasteiger partial charge is 0.310 e. The predicted molar refractivity (Wildman–Crippen MR) is 304 cm³/mol. The highest BCUT2D eigenvalue weighted by Gasteiger charge is 2.46. The van der Waals surface area contributed by atoms with Crippen molar-refractivity contribution in [2.24, 2.45) is 0 Å². The molecule has 1 atom stereocenters. The first kappa shape index (κ1) is 43.7. The summed E-state index contributed by atoms with van der Waals surface area (Å²) in [5.41, 5.74) is 22.3. The van der Waals surface area contributed by atoms with Crippen molar-refractivity contribution < 1.29 is 4.39 Å². The molecule has 0 aliphatic heterocycles. The molecule has 1 aromatic heterocycles. The monoisotopic (exact) mass is 936 g/mol. The number of hydrogen-bond acceptors (Lipinski definition) is 1. The first-order valence-electron chi connectivity index (χ1n) is 24.9. The zero-order valence-electron chi connectivity index (χ0n) is 40.4. The molecule has 13 rings (SSSR count). The van der Waals surface area contributed by atoms with Crippen molar-refractivity contribution in [1.29, 1.82) is 0 Å². The normalized spacial score (nSPS) is 13.7. The van der Waals surface area contributed by atoms with Crippen molar-refractivity contribution in [3.05, 3.63) is 307 Å². The van der Waals surface area contributed by atoms with Crippen molar-refractivity contribution in [3.8, 4) is 50.2 Å². The highest BCUT2D eigenvalue weighted by molar-refractivity contribution is 6.11. The molecular formula is C70H49FN2. The average Bonchev–Trinajstić information content (AvgIpc) is 3.95. The summed E-state index contributed by atoms with van der Waals surface area (Å²) in [5, 5.41) is 2.30. The Balaban J connectivity index is 0.963. The quantitative estimate of drug-likeness (QED) is 0.133. The lowest BCUT2D eigenvalue weighted by Crippen LogP contribution is -2.28. The van der Waals surface area contributed by atoms with Gasteiger partial charge in [0.2, 0.25) is 0 Å². The van der Waals surface area contributed by atoms with Gasteiger partial charge in [-0.25, -0.2) is 4.39 Å². The molecule has 0 N–H and O–H groups in total. The second-order valence-corrected chi connectivity index (χ2v) is 19.2. The van der Waals surface area contributed by atoms with Crippen LogP contribution in [0.25, 0.3) is 78.1 Å². The number of aromatic nitrogens is 1. The summed E-state index contributed by atoms with van der Waals surface area (Å²) in [7, 11) is 0. The highest BCUT2D eigenvalue weighted by atomic mass is 19.1. The zero-order chi connectivity index (χ0) is 49.0. The predicted octanol–water partition coefficient (Wildman–Crippen LogP) is 18.7. The first-order valence-corrected chi connectivity index (χ1v) is 24.9. The summed E-state index contributed by atoms with van der Waals surface area (Å²) in [4.78, 5) is 2.40. The number of benzene rings is 11. The van der Waals surface area contributed by atoms with Gasteiger partial charge in [0.1, 0.15) is 5.82 Å². The van der Waals surface area contributed by atoms with Gasteiger partial charge in [0.25, 0.3) is 0 Å². The van der Waals surface area contributed by atoms with Crippen molar-refractivity contribution in [2.75, 3.05) is 4.90 Å². The van der Waals surface area contributed by atoms with Crippen LogP contribution in [0.4, 0.5) is 21.5 Å². The Morgan fingerprint density at radius 3 is 1.49 bits per heavy atom. The maximum absolute atomic E-state index is 14.1. The van der Waals surface area contributed by atoms with E-state index in [0.29, 0.717) is 0 Å². The minimum atomic E-state index is -0.573. The Kier molecular flexibility index (Phi) is 10.7. The van der Waals surface area contributed by atoms with E-state index in [1.807, 2.05) is 18.2 Å². The van der Waals surface area contributed by atoms with E-state index in [1.54, 1.807) is 0 Å². The average molecular weight is 937 g/mol. The Morgan fingerprint density at radius 2 is 0.890 bits per heavy atom. The molecule has 0 radical (unpaired) electrons. The van der Waals surface area contributed by atoms with E-state index in [4.69, 9.17) is 0 Å². The second-order valence-electron chi connectivity index (χ2n) is 19.2. The van der Waals surface area contributed by atoms with Gasteiger partial charge in [0.15, 0.2) is 0 Å². The molecule has 0 saturated carbocycles. The number of hydrogen-bond donors (Lipinski definition) is 0. The van der Waals surface area contributed by atoms with E-state index in [9.17, 15) is 4.39 Å². The van der Waals surface area contributed by atoms with Crippen LogP contribution in [0.15, 0.2) is 267 Å². The van der Waals surface area contributed by atoms with Crippen LogP contribution in [0.5, 0.6) is 0 Å². The lowest BCUT2D eigenvalue weighted by molar-refractivity contribution is 0.628. The van der Waals surface area contributed by atoms with Crippen LogP contribution in [0.3, 0.4) is 0 Å². The summed E-state index contributed by atoms with van der Waals surface area (Å²) in [6.45, 7) is 6.19. The molecule has 0 spiro atoms. The van der Waals surface area contributed by atoms with Gasteiger partial charge in [-0.3, -0.25) is 0 Å². The summed E-state index contributed by atoms with van der Waals surface area (Å²) in [5.74, 6) is -0.241. The van der Waals surface area contributed by atoms with Gasteiger partial charge in [-0.05, 0) is 164 Å². The molecule has 1 aliphatic rings. The summed E-state index contributed by atoms with van der Waals surface area (Å²) in [6.07, 6.45) is 1.91. The molecular weight excluding hydrogens is 888 g/mol. The van der Waals surface area contributed by atoms with E-state index in [-0.39, 0.29) is 5.82 Å². The van der Waals surface area contributed by atoms with Crippen LogP contribution in [-0.4, -0.2) is 4.57 Å². The minimum absolute atomic E-state index is 0.241. The molecule has 0 saturated heterocycles. The number of rotatable bonds is 10. The minimum Gasteiger partial charge on any atom is -0.310 e. The lowest BCUT2D eigenvalue weighted by Gasteiger charge is -2.35. The van der Waals surface area contributed by atoms with E-state index in [2.05, 4.69) is 260 Å². The Labute approximate surface area is 425 Å². The molecule has 1 unspecified atom stereocenters. The van der Waals surface area contributed by atoms with Gasteiger partial charge in [0.05, 0.1) is 16.4 Å². The molecule has 12 aromatic rings. The van der Waals surface area contributed by atoms with Crippen LogP contribution < -0.4 is 4.90 Å². The molecule has 3 heteroatoms. The summed E-state index contributed by atoms with van der Waals surface area (Å²) in [6, 6.07) is 93.3. The second kappa shape index (κ2) is 17.8. The summed E-state index contributed by atoms with van der Waals surface area (Å²) < 4.78 is 16.4. The SMILES string of the molecule is C=Cc1ccc(C2(c3ccccc3)c3ccccc3-c3ccc(N(c4ccc(-c5ccccc5)cc4)c4ccc(-c5ccc6c(c5)c5cc(-c7ccc(F)cc7)ccc5n6-c5ccc(C)cc5)cc4)cc32)cc1. The molecule has 2 nitrogen and oxygen atoms in total. The van der Waals surface area contributed by atoms with Gasteiger partial charge in [-0.2, -0.15) is 0 Å². The van der Waals surface area contributed by atoms with Crippen LogP contribution in [-0.2, 0) is 5.41 Å². The third-order valence-electron chi connectivity index (χ3n) is 15.0. The molecule has 1 heterocycles. The van der Waals surface area contributed by atoms with Crippen LogP contribution in [0.1, 0.15) is 33.4 Å². The third kappa shape index (κ3) is 7.40. The van der Waals surface area contributed by atoms with E-state index >= 15 is 0 Å². The zero-order valence-corrected chi connectivity index (χ0v) is 40.4. The molecule has 1 aliphatic carbocycles. The smallest absolute Gasteiger partial charge is 0.123 e. The molecule has 0 bridgehead atoms. The van der Waals surface area contributed by atoms with Gasteiger partial charge >= 0.3 is 0 Å². The van der Waals surface area contributed by atoms with Crippen LogP contribution in [0.2, 0.25) is 0 Å². The summed E-state index contributed by atoms with van der Waals surface area (Å²) >= 11 is 0. The molecule has 11 aromatic carbocycles. The Morgan fingerprint density at radius 1 is 0.411 bits per heavy atom. The molecule has 73 heavy (non-hydrogen) atoms. The lowest BCUT2D eigenvalue weighted by atomic mass is 9.67. The third-order valence-corrected chi connectivity index (χ3v) is 15.0. The van der Waals surface area contributed by atoms with Gasteiger partial charge in [-0.15, -0.1) is 0 Å². The fourth-order valence-corrected chi connectivity index (χ4v) is 11.4. The van der Waals surface area contributed by atoms with E-state index < -0.39 is 5.41 Å². The number of fused-ring (bicyclic) bond motifs is 6. The van der Waals surface area contributed by atoms with Gasteiger partial charge in [-0.1, -0.05) is 194 Å². The fraction of sp³-hybridized carbons (Fsp3) is 0.0286.